The van der Waals surface area contributed by atoms with Crippen molar-refractivity contribution >= 4 is 17.9 Å². The Morgan fingerprint density at radius 3 is 1.81 bits per heavy atom. The summed E-state index contributed by atoms with van der Waals surface area (Å²) >= 11 is 0. The van der Waals surface area contributed by atoms with E-state index < -0.39 is 5.97 Å². The van der Waals surface area contributed by atoms with Crippen molar-refractivity contribution < 1.29 is 33.7 Å². The molecule has 0 aromatic rings. The molecule has 21 heavy (non-hydrogen) atoms. The van der Waals surface area contributed by atoms with Gasteiger partial charge in [0.05, 0.1) is 13.2 Å². The molecule has 0 aromatic heterocycles. The van der Waals surface area contributed by atoms with Crippen molar-refractivity contribution in [2.24, 2.45) is 0 Å². The summed E-state index contributed by atoms with van der Waals surface area (Å²) in [5.74, 6) is -1.72. The van der Waals surface area contributed by atoms with Crippen LogP contribution in [0.15, 0.2) is 38.0 Å². The van der Waals surface area contributed by atoms with Gasteiger partial charge in [0.2, 0.25) is 0 Å². The van der Waals surface area contributed by atoms with Crippen molar-refractivity contribution in [3.63, 3.8) is 0 Å². The second-order valence-electron chi connectivity index (χ2n) is 3.29. The van der Waals surface area contributed by atoms with Crippen LogP contribution in [0.25, 0.3) is 0 Å². The van der Waals surface area contributed by atoms with Crippen LogP contribution < -0.4 is 0 Å². The molecule has 0 aromatic carbocycles. The number of esters is 2. The van der Waals surface area contributed by atoms with Gasteiger partial charge < -0.3 is 19.3 Å². The van der Waals surface area contributed by atoms with Crippen molar-refractivity contribution in [3.05, 3.63) is 38.0 Å². The summed E-state index contributed by atoms with van der Waals surface area (Å²) in [6, 6.07) is 0. The van der Waals surface area contributed by atoms with Gasteiger partial charge in [0.25, 0.3) is 0 Å². The molecule has 1 rings (SSSR count). The van der Waals surface area contributed by atoms with Gasteiger partial charge in [-0.2, -0.15) is 0 Å². The van der Waals surface area contributed by atoms with E-state index in [0.29, 0.717) is 19.8 Å². The molecule has 1 N–H and O–H groups in total. The molecule has 1 atom stereocenters. The highest BCUT2D eigenvalue weighted by atomic mass is 16.6. The molecule has 7 nitrogen and oxygen atoms in total. The molecule has 1 heterocycles. The fraction of sp³-hybridized carbons (Fsp3) is 0.357. The fourth-order valence-corrected chi connectivity index (χ4v) is 0.599. The quantitative estimate of drug-likeness (QED) is 0.445. The Bertz CT molecular complexity index is 370. The number of aliphatic carboxylic acids is 1. The number of carboxylic acids is 1. The Labute approximate surface area is 123 Å². The summed E-state index contributed by atoms with van der Waals surface area (Å²) < 4.78 is 13.9. The minimum absolute atomic E-state index is 0.147. The van der Waals surface area contributed by atoms with Crippen molar-refractivity contribution in [1.29, 1.82) is 0 Å². The number of epoxide rings is 1. The van der Waals surface area contributed by atoms with Gasteiger partial charge in [-0.15, -0.1) is 0 Å². The maximum atomic E-state index is 10.3. The molecule has 118 valence electrons. The summed E-state index contributed by atoms with van der Waals surface area (Å²) in [6.07, 6.45) is 3.26. The molecule has 1 saturated heterocycles. The van der Waals surface area contributed by atoms with Crippen LogP contribution in [0.1, 0.15) is 6.92 Å². The lowest BCUT2D eigenvalue weighted by molar-refractivity contribution is -0.138. The summed E-state index contributed by atoms with van der Waals surface area (Å²) in [5, 5.41) is 7.60. The number of hydrogen-bond acceptors (Lipinski definition) is 6. The van der Waals surface area contributed by atoms with E-state index in [0.717, 1.165) is 18.2 Å². The normalized spacial score (nSPS) is 13.9. The van der Waals surface area contributed by atoms with E-state index in [-0.39, 0.29) is 18.0 Å². The molecular formula is C14H20O7. The van der Waals surface area contributed by atoms with Crippen LogP contribution >= 0.6 is 0 Å². The molecule has 1 unspecified atom stereocenters. The first-order valence-electron chi connectivity index (χ1n) is 5.96. The second-order valence-corrected chi connectivity index (χ2v) is 3.29. The third-order valence-electron chi connectivity index (χ3n) is 1.61. The zero-order chi connectivity index (χ0) is 16.7. The smallest absolute Gasteiger partial charge is 0.330 e. The third kappa shape index (κ3) is 20.1. The number of carbonyl (C=O) groups excluding carboxylic acids is 2. The molecule has 1 aliphatic heterocycles. The number of ether oxygens (including phenoxy) is 3. The predicted molar refractivity (Wildman–Crippen MR) is 75.6 cm³/mol. The van der Waals surface area contributed by atoms with Crippen LogP contribution in [0.4, 0.5) is 0 Å². The maximum Gasteiger partial charge on any atom is 0.330 e. The first-order chi connectivity index (χ1) is 9.90. The summed E-state index contributed by atoms with van der Waals surface area (Å²) in [6.45, 7) is 12.7. The van der Waals surface area contributed by atoms with Gasteiger partial charge >= 0.3 is 17.9 Å². The number of hydrogen-bond donors (Lipinski definition) is 1. The van der Waals surface area contributed by atoms with Crippen molar-refractivity contribution in [1.82, 2.24) is 0 Å². The number of carbonyl (C=O) groups is 3. The van der Waals surface area contributed by atoms with E-state index in [1.54, 1.807) is 6.92 Å². The van der Waals surface area contributed by atoms with Gasteiger partial charge in [-0.1, -0.05) is 19.7 Å². The van der Waals surface area contributed by atoms with Gasteiger partial charge in [0.15, 0.2) is 0 Å². The molecule has 0 amide bonds. The van der Waals surface area contributed by atoms with Crippen molar-refractivity contribution in [2.45, 2.75) is 13.0 Å². The van der Waals surface area contributed by atoms with E-state index in [2.05, 4.69) is 29.2 Å². The highest BCUT2D eigenvalue weighted by Gasteiger charge is 2.23. The van der Waals surface area contributed by atoms with Gasteiger partial charge in [-0.3, -0.25) is 0 Å². The molecular weight excluding hydrogens is 280 g/mol. The van der Waals surface area contributed by atoms with Gasteiger partial charge in [0.1, 0.15) is 12.7 Å². The molecule has 1 fully saturated rings. The average molecular weight is 300 g/mol. The van der Waals surface area contributed by atoms with E-state index in [9.17, 15) is 14.4 Å². The molecule has 1 aliphatic rings. The van der Waals surface area contributed by atoms with Crippen molar-refractivity contribution in [2.75, 3.05) is 19.8 Å². The molecule has 0 bridgehead atoms. The largest absolute Gasteiger partial charge is 0.478 e. The van der Waals surface area contributed by atoms with E-state index >= 15 is 0 Å². The highest BCUT2D eigenvalue weighted by Crippen LogP contribution is 2.08. The van der Waals surface area contributed by atoms with Gasteiger partial charge in [0, 0.05) is 18.2 Å². The molecule has 0 radical (unpaired) electrons. The van der Waals surface area contributed by atoms with Crippen LogP contribution in [0.2, 0.25) is 0 Å². The Morgan fingerprint density at radius 2 is 1.57 bits per heavy atom. The average Bonchev–Trinajstić information content (AvgIpc) is 3.30. The minimum Gasteiger partial charge on any atom is -0.478 e. The SMILES string of the molecule is C=CC(=O)O.C=CC(=O)OCC.C=CC(=O)OCC1CO1. The molecule has 7 heteroatoms. The van der Waals surface area contributed by atoms with Crippen LogP contribution in [0.3, 0.4) is 0 Å². The van der Waals surface area contributed by atoms with E-state index in [1.165, 1.54) is 0 Å². The lowest BCUT2D eigenvalue weighted by Gasteiger charge is -1.94. The molecule has 0 aliphatic carbocycles. The van der Waals surface area contributed by atoms with Crippen LogP contribution in [-0.2, 0) is 28.6 Å². The summed E-state index contributed by atoms with van der Waals surface area (Å²) in [5.41, 5.74) is 0. The first kappa shape index (κ1) is 20.9. The minimum atomic E-state index is -0.981. The zero-order valence-corrected chi connectivity index (χ0v) is 11.9. The lowest BCUT2D eigenvalue weighted by atomic mass is 10.5. The Hall–Kier alpha value is -2.41. The van der Waals surface area contributed by atoms with Crippen LogP contribution in [-0.4, -0.2) is 48.9 Å². The number of rotatable bonds is 6. The van der Waals surface area contributed by atoms with Gasteiger partial charge in [-0.25, -0.2) is 14.4 Å². The highest BCUT2D eigenvalue weighted by molar-refractivity contribution is 5.81. The molecule has 0 spiro atoms. The van der Waals surface area contributed by atoms with Crippen LogP contribution in [0.5, 0.6) is 0 Å². The van der Waals surface area contributed by atoms with Crippen LogP contribution in [0, 0.1) is 0 Å². The second kappa shape index (κ2) is 14.0. The number of carboxylic acid groups (broad SMARTS) is 1. The predicted octanol–water partition coefficient (Wildman–Crippen LogP) is 1.11. The fourth-order valence-electron chi connectivity index (χ4n) is 0.599. The molecule has 0 saturated carbocycles. The Balaban J connectivity index is 0. The zero-order valence-electron chi connectivity index (χ0n) is 11.9. The lowest BCUT2D eigenvalue weighted by Crippen LogP contribution is -2.06. The Kier molecular flexibility index (Phi) is 13.9. The summed E-state index contributed by atoms with van der Waals surface area (Å²) in [4.78, 5) is 29.7. The Morgan fingerprint density at radius 1 is 1.14 bits per heavy atom. The van der Waals surface area contributed by atoms with E-state index in [4.69, 9.17) is 9.84 Å². The standard InChI is InChI=1S/C6H8O3.C5H8O2.C3H4O2/c1-2-6(7)9-4-5-3-8-5;1-3-5(6)7-4-2;1-2-3(4)5/h2,5H,1,3-4H2;3H,1,4H2,2H3;2H,1H2,(H,4,5). The summed E-state index contributed by atoms with van der Waals surface area (Å²) in [7, 11) is 0. The van der Waals surface area contributed by atoms with Crippen molar-refractivity contribution in [3.8, 4) is 0 Å². The van der Waals surface area contributed by atoms with Gasteiger partial charge in [-0.05, 0) is 6.92 Å². The maximum absolute atomic E-state index is 10.3. The first-order valence-corrected chi connectivity index (χ1v) is 5.96. The monoisotopic (exact) mass is 300 g/mol. The van der Waals surface area contributed by atoms with E-state index in [1.807, 2.05) is 0 Å². The topological polar surface area (TPSA) is 102 Å². The third-order valence-corrected chi connectivity index (χ3v) is 1.61.